The van der Waals surface area contributed by atoms with Crippen LogP contribution in [-0.2, 0) is 20.0 Å². The lowest BCUT2D eigenvalue weighted by molar-refractivity contribution is 0.313. The minimum atomic E-state index is 0.824. The normalized spacial score (nSPS) is 15.7. The summed E-state index contributed by atoms with van der Waals surface area (Å²) in [6.07, 6.45) is 3.04. The predicted octanol–water partition coefficient (Wildman–Crippen LogP) is 1.66. The molecule has 2 heterocycles. The first-order chi connectivity index (χ1) is 8.63. The number of aromatic nitrogens is 2. The molecule has 3 rings (SSSR count). The molecular weight excluding hydrogens is 224 g/mol. The molecule has 0 saturated heterocycles. The Hall–Kier alpha value is -1.81. The maximum absolute atomic E-state index is 6.02. The van der Waals surface area contributed by atoms with E-state index >= 15 is 0 Å². The fraction of sp³-hybridized carbons (Fsp3) is 0.357. The van der Waals surface area contributed by atoms with E-state index in [4.69, 9.17) is 5.73 Å². The average Bonchev–Trinajstić information content (AvgIpc) is 2.74. The third-order valence-electron chi connectivity index (χ3n) is 3.54. The Morgan fingerprint density at radius 3 is 2.83 bits per heavy atom. The van der Waals surface area contributed by atoms with Gasteiger partial charge in [0.15, 0.2) is 0 Å². The number of rotatable bonds is 1. The Kier molecular flexibility index (Phi) is 2.59. The second kappa shape index (κ2) is 4.14. The standard InChI is InChI=1S/C14H18N4/c1-17-5-3-12-10(9-17)7-11(15)8-13(12)14-4-6-18(2)16-14/h4,6-8H,3,5,9,15H2,1-2H3. The van der Waals surface area contributed by atoms with Crippen LogP contribution in [0.3, 0.4) is 0 Å². The highest BCUT2D eigenvalue weighted by atomic mass is 15.2. The second-order valence-electron chi connectivity index (χ2n) is 5.07. The minimum absolute atomic E-state index is 0.824. The molecular formula is C14H18N4. The number of aryl methyl sites for hydroxylation is 1. The SMILES string of the molecule is CN1CCc2c(cc(N)cc2-c2ccn(C)n2)C1. The first-order valence-electron chi connectivity index (χ1n) is 6.23. The summed E-state index contributed by atoms with van der Waals surface area (Å²) >= 11 is 0. The molecule has 0 radical (unpaired) electrons. The number of nitrogens with two attached hydrogens (primary N) is 1. The van der Waals surface area contributed by atoms with Gasteiger partial charge in [0.05, 0.1) is 5.69 Å². The topological polar surface area (TPSA) is 47.1 Å². The van der Waals surface area contributed by atoms with Crippen molar-refractivity contribution < 1.29 is 0 Å². The summed E-state index contributed by atoms with van der Waals surface area (Å²) in [5.41, 5.74) is 11.8. The molecule has 94 valence electrons. The fourth-order valence-corrected chi connectivity index (χ4v) is 2.65. The number of likely N-dealkylation sites (N-methyl/N-ethyl adjacent to an activating group) is 1. The maximum atomic E-state index is 6.02. The van der Waals surface area contributed by atoms with E-state index in [-0.39, 0.29) is 0 Å². The highest BCUT2D eigenvalue weighted by Gasteiger charge is 2.18. The van der Waals surface area contributed by atoms with E-state index in [2.05, 4.69) is 23.1 Å². The molecule has 0 unspecified atom stereocenters. The van der Waals surface area contributed by atoms with Gasteiger partial charge < -0.3 is 10.6 Å². The van der Waals surface area contributed by atoms with E-state index in [0.29, 0.717) is 0 Å². The highest BCUT2D eigenvalue weighted by Crippen LogP contribution is 2.31. The minimum Gasteiger partial charge on any atom is -0.399 e. The van der Waals surface area contributed by atoms with Gasteiger partial charge in [-0.15, -0.1) is 0 Å². The van der Waals surface area contributed by atoms with Crippen molar-refractivity contribution in [3.63, 3.8) is 0 Å². The molecule has 1 aromatic carbocycles. The van der Waals surface area contributed by atoms with Gasteiger partial charge in [0.2, 0.25) is 0 Å². The van der Waals surface area contributed by atoms with Gasteiger partial charge in [0.25, 0.3) is 0 Å². The fourth-order valence-electron chi connectivity index (χ4n) is 2.65. The number of nitrogens with zero attached hydrogens (tertiary/aromatic N) is 3. The molecule has 0 amide bonds. The van der Waals surface area contributed by atoms with Gasteiger partial charge >= 0.3 is 0 Å². The molecule has 0 saturated carbocycles. The maximum Gasteiger partial charge on any atom is 0.0926 e. The molecule has 2 aromatic rings. The number of hydrogen-bond acceptors (Lipinski definition) is 3. The zero-order valence-electron chi connectivity index (χ0n) is 10.8. The van der Waals surface area contributed by atoms with Gasteiger partial charge in [-0.1, -0.05) is 0 Å². The molecule has 1 aliphatic heterocycles. The Morgan fingerprint density at radius 2 is 2.11 bits per heavy atom. The summed E-state index contributed by atoms with van der Waals surface area (Å²) in [5, 5.41) is 4.50. The summed E-state index contributed by atoms with van der Waals surface area (Å²) in [6, 6.07) is 6.19. The summed E-state index contributed by atoms with van der Waals surface area (Å²) in [4.78, 5) is 2.32. The van der Waals surface area contributed by atoms with Crippen molar-refractivity contribution in [2.45, 2.75) is 13.0 Å². The lowest BCUT2D eigenvalue weighted by Crippen LogP contribution is -2.27. The summed E-state index contributed by atoms with van der Waals surface area (Å²) in [5.74, 6) is 0. The number of nitrogen functional groups attached to an aromatic ring is 1. The number of hydrogen-bond donors (Lipinski definition) is 1. The van der Waals surface area contributed by atoms with Crippen molar-refractivity contribution >= 4 is 5.69 Å². The van der Waals surface area contributed by atoms with Crippen molar-refractivity contribution in [1.82, 2.24) is 14.7 Å². The number of anilines is 1. The Labute approximate surface area is 107 Å². The first-order valence-corrected chi connectivity index (χ1v) is 6.23. The molecule has 4 heteroatoms. The van der Waals surface area contributed by atoms with E-state index in [1.54, 1.807) is 0 Å². The Bertz CT molecular complexity index is 585. The molecule has 0 fully saturated rings. The molecule has 4 nitrogen and oxygen atoms in total. The van der Waals surface area contributed by atoms with Crippen LogP contribution in [-0.4, -0.2) is 28.3 Å². The van der Waals surface area contributed by atoms with Crippen LogP contribution in [0.5, 0.6) is 0 Å². The van der Waals surface area contributed by atoms with Crippen molar-refractivity contribution in [1.29, 1.82) is 0 Å². The summed E-state index contributed by atoms with van der Waals surface area (Å²) in [6.45, 7) is 2.07. The zero-order valence-corrected chi connectivity index (χ0v) is 10.8. The molecule has 1 aliphatic rings. The van der Waals surface area contributed by atoms with Crippen molar-refractivity contribution in [3.05, 3.63) is 35.5 Å². The highest BCUT2D eigenvalue weighted by molar-refractivity contribution is 5.70. The zero-order chi connectivity index (χ0) is 12.7. The van der Waals surface area contributed by atoms with Crippen LogP contribution >= 0.6 is 0 Å². The van der Waals surface area contributed by atoms with Gasteiger partial charge in [0.1, 0.15) is 0 Å². The number of benzene rings is 1. The van der Waals surface area contributed by atoms with Gasteiger partial charge in [-0.3, -0.25) is 4.68 Å². The monoisotopic (exact) mass is 242 g/mol. The van der Waals surface area contributed by atoms with E-state index in [1.807, 2.05) is 30.1 Å². The molecule has 0 spiro atoms. The van der Waals surface area contributed by atoms with Crippen LogP contribution in [0.25, 0.3) is 11.3 Å². The van der Waals surface area contributed by atoms with Gasteiger partial charge in [-0.2, -0.15) is 5.10 Å². The van der Waals surface area contributed by atoms with Crippen LogP contribution in [0.2, 0.25) is 0 Å². The third-order valence-corrected chi connectivity index (χ3v) is 3.54. The van der Waals surface area contributed by atoms with Crippen molar-refractivity contribution in [2.75, 3.05) is 19.3 Å². The average molecular weight is 242 g/mol. The lowest BCUT2D eigenvalue weighted by Gasteiger charge is -2.27. The molecule has 0 bridgehead atoms. The predicted molar refractivity (Wildman–Crippen MR) is 73.1 cm³/mol. The van der Waals surface area contributed by atoms with Crippen LogP contribution in [0.4, 0.5) is 5.69 Å². The Morgan fingerprint density at radius 1 is 1.28 bits per heavy atom. The summed E-state index contributed by atoms with van der Waals surface area (Å²) in [7, 11) is 4.09. The van der Waals surface area contributed by atoms with Crippen molar-refractivity contribution in [2.24, 2.45) is 7.05 Å². The van der Waals surface area contributed by atoms with Crippen LogP contribution in [0.1, 0.15) is 11.1 Å². The van der Waals surface area contributed by atoms with Gasteiger partial charge in [-0.25, -0.2) is 0 Å². The van der Waals surface area contributed by atoms with E-state index < -0.39 is 0 Å². The van der Waals surface area contributed by atoms with E-state index in [1.165, 1.54) is 16.7 Å². The molecule has 0 atom stereocenters. The van der Waals surface area contributed by atoms with Crippen LogP contribution < -0.4 is 5.73 Å². The first kappa shape index (κ1) is 11.3. The van der Waals surface area contributed by atoms with Crippen LogP contribution in [0, 0.1) is 0 Å². The molecule has 2 N–H and O–H groups in total. The summed E-state index contributed by atoms with van der Waals surface area (Å²) < 4.78 is 1.83. The molecule has 0 aliphatic carbocycles. The van der Waals surface area contributed by atoms with Crippen molar-refractivity contribution in [3.8, 4) is 11.3 Å². The second-order valence-corrected chi connectivity index (χ2v) is 5.07. The van der Waals surface area contributed by atoms with Gasteiger partial charge in [0, 0.05) is 37.6 Å². The smallest absolute Gasteiger partial charge is 0.0926 e. The van der Waals surface area contributed by atoms with Gasteiger partial charge in [-0.05, 0) is 42.8 Å². The molecule has 18 heavy (non-hydrogen) atoms. The quantitative estimate of drug-likeness (QED) is 0.774. The van der Waals surface area contributed by atoms with Crippen LogP contribution in [0.15, 0.2) is 24.4 Å². The van der Waals surface area contributed by atoms with E-state index in [0.717, 1.165) is 30.9 Å². The Balaban J connectivity index is 2.15. The largest absolute Gasteiger partial charge is 0.399 e. The van der Waals surface area contributed by atoms with E-state index in [9.17, 15) is 0 Å². The third kappa shape index (κ3) is 1.88. The molecule has 1 aromatic heterocycles. The number of fused-ring (bicyclic) bond motifs is 1. The lowest BCUT2D eigenvalue weighted by atomic mass is 9.92.